The van der Waals surface area contributed by atoms with Gasteiger partial charge in [-0.15, -0.1) is 0 Å². The van der Waals surface area contributed by atoms with E-state index in [0.717, 1.165) is 44.9 Å². The number of methoxy groups -OCH3 is 1. The molecule has 5 aliphatic carbocycles. The van der Waals surface area contributed by atoms with Crippen molar-refractivity contribution >= 4 is 17.5 Å². The maximum absolute atomic E-state index is 13.9. The zero-order valence-electron chi connectivity index (χ0n) is 20.3. The predicted molar refractivity (Wildman–Crippen MR) is 123 cm³/mol. The number of ether oxygens (including phenoxy) is 1. The number of carbonyl (C=O) groups is 3. The van der Waals surface area contributed by atoms with Gasteiger partial charge < -0.3 is 4.74 Å². The van der Waals surface area contributed by atoms with Crippen molar-refractivity contribution in [2.45, 2.75) is 79.1 Å². The van der Waals surface area contributed by atoms with Gasteiger partial charge in [0.15, 0.2) is 11.6 Å². The fourth-order valence-electron chi connectivity index (χ4n) is 8.77. The average molecular weight is 439 g/mol. The largest absolute Gasteiger partial charge is 0.469 e. The summed E-state index contributed by atoms with van der Waals surface area (Å²) in [5.74, 6) is 0.810. The van der Waals surface area contributed by atoms with Gasteiger partial charge in [0.2, 0.25) is 0 Å². The fourth-order valence-corrected chi connectivity index (χ4v) is 8.77. The molecule has 0 aromatic heterocycles. The second kappa shape index (κ2) is 6.90. The third-order valence-electron chi connectivity index (χ3n) is 10.6. The van der Waals surface area contributed by atoms with Gasteiger partial charge in [-0.25, -0.2) is 0 Å². The molecule has 4 heteroatoms. The van der Waals surface area contributed by atoms with Crippen LogP contribution in [0.2, 0.25) is 0 Å². The Kier molecular flexibility index (Phi) is 4.76. The Morgan fingerprint density at radius 2 is 1.75 bits per heavy atom. The molecule has 0 aliphatic heterocycles. The molecule has 0 radical (unpaired) electrons. The maximum atomic E-state index is 13.9. The number of hydrogen-bond donors (Lipinski definition) is 0. The number of carbonyl (C=O) groups excluding carboxylic acids is 3. The fraction of sp³-hybridized carbons (Fsp3) is 0.750. The van der Waals surface area contributed by atoms with Gasteiger partial charge in [-0.1, -0.05) is 39.3 Å². The van der Waals surface area contributed by atoms with Gasteiger partial charge >= 0.3 is 5.97 Å². The molecule has 0 N–H and O–H groups in total. The lowest BCUT2D eigenvalue weighted by Gasteiger charge is -2.63. The lowest BCUT2D eigenvalue weighted by molar-refractivity contribution is -0.177. The quantitative estimate of drug-likeness (QED) is 0.510. The van der Waals surface area contributed by atoms with E-state index in [1.165, 1.54) is 12.7 Å². The van der Waals surface area contributed by atoms with E-state index in [-0.39, 0.29) is 57.5 Å². The summed E-state index contributed by atoms with van der Waals surface area (Å²) < 4.78 is 5.35. The molecule has 3 fully saturated rings. The minimum atomic E-state index is -0.513. The standard InChI is InChI=1S/C28H38O4/c1-25(2)12-13-28(24(31)32-5)11-8-19-23(20(28)16-25)21(30)15-22-26(3)10-7-18(29)14-17(26)6-9-27(19,22)4/h7,10,15,17,19-20,23H,6,8-9,11-14,16H2,1-5H3. The zero-order chi connectivity index (χ0) is 23.1. The molecule has 0 saturated heterocycles. The number of fused-ring (bicyclic) bond motifs is 7. The summed E-state index contributed by atoms with van der Waals surface area (Å²) >= 11 is 0. The summed E-state index contributed by atoms with van der Waals surface area (Å²) in [5, 5.41) is 0. The molecule has 0 spiro atoms. The van der Waals surface area contributed by atoms with Crippen molar-refractivity contribution in [3.05, 3.63) is 23.8 Å². The van der Waals surface area contributed by atoms with Crippen molar-refractivity contribution in [3.8, 4) is 0 Å². The van der Waals surface area contributed by atoms with Gasteiger partial charge in [0.05, 0.1) is 12.5 Å². The molecule has 3 saturated carbocycles. The average Bonchev–Trinajstić information content (AvgIpc) is 2.74. The number of ketones is 2. The van der Waals surface area contributed by atoms with Gasteiger partial charge in [0.1, 0.15) is 0 Å². The third-order valence-corrected chi connectivity index (χ3v) is 10.6. The van der Waals surface area contributed by atoms with E-state index in [4.69, 9.17) is 4.74 Å². The number of rotatable bonds is 1. The molecule has 5 aliphatic rings. The minimum Gasteiger partial charge on any atom is -0.469 e. The van der Waals surface area contributed by atoms with Gasteiger partial charge in [0, 0.05) is 17.8 Å². The molecule has 7 unspecified atom stereocenters. The first-order chi connectivity index (χ1) is 15.0. The van der Waals surface area contributed by atoms with E-state index in [2.05, 4.69) is 33.8 Å². The summed E-state index contributed by atoms with van der Waals surface area (Å²) in [5.41, 5.74) is 0.589. The smallest absolute Gasteiger partial charge is 0.312 e. The highest BCUT2D eigenvalue weighted by Gasteiger charge is 2.65. The van der Waals surface area contributed by atoms with Crippen LogP contribution >= 0.6 is 0 Å². The Morgan fingerprint density at radius 3 is 2.47 bits per heavy atom. The summed E-state index contributed by atoms with van der Waals surface area (Å²) in [6, 6.07) is 0. The van der Waals surface area contributed by atoms with Gasteiger partial charge in [0.25, 0.3) is 0 Å². The van der Waals surface area contributed by atoms with Crippen molar-refractivity contribution in [2.75, 3.05) is 7.11 Å². The highest BCUT2D eigenvalue weighted by molar-refractivity contribution is 5.96. The molecule has 4 nitrogen and oxygen atoms in total. The van der Waals surface area contributed by atoms with Gasteiger partial charge in [-0.2, -0.15) is 0 Å². The van der Waals surface area contributed by atoms with Crippen LogP contribution in [0, 0.1) is 45.3 Å². The van der Waals surface area contributed by atoms with Crippen LogP contribution in [0.3, 0.4) is 0 Å². The van der Waals surface area contributed by atoms with Crippen LogP contribution in [0.15, 0.2) is 23.8 Å². The number of esters is 1. The van der Waals surface area contributed by atoms with Crippen LogP contribution in [0.4, 0.5) is 0 Å². The highest BCUT2D eigenvalue weighted by Crippen LogP contribution is 2.68. The van der Waals surface area contributed by atoms with Crippen molar-refractivity contribution in [2.24, 2.45) is 45.3 Å². The second-order valence-electron chi connectivity index (χ2n) is 12.7. The molecule has 0 heterocycles. The Balaban J connectivity index is 1.61. The molecule has 0 amide bonds. The van der Waals surface area contributed by atoms with Crippen LogP contribution < -0.4 is 0 Å². The van der Waals surface area contributed by atoms with E-state index >= 15 is 0 Å². The first-order valence-corrected chi connectivity index (χ1v) is 12.5. The van der Waals surface area contributed by atoms with E-state index in [0.29, 0.717) is 6.42 Å². The first kappa shape index (κ1) is 22.1. The summed E-state index contributed by atoms with van der Waals surface area (Å²) in [6.45, 7) is 9.17. The molecule has 0 aromatic carbocycles. The SMILES string of the molecule is COC(=O)C12CCC3C(C(=O)C=C4C5(C)C=CC(=O)CC5CCC43C)C1CC(C)(C)CC2. The molecule has 32 heavy (non-hydrogen) atoms. The Labute approximate surface area is 192 Å². The van der Waals surface area contributed by atoms with E-state index in [9.17, 15) is 14.4 Å². The van der Waals surface area contributed by atoms with Crippen LogP contribution in [-0.4, -0.2) is 24.6 Å². The normalized spacial score (nSPS) is 46.8. The predicted octanol–water partition coefficient (Wildman–Crippen LogP) is 5.46. The first-order valence-electron chi connectivity index (χ1n) is 12.5. The molecule has 7 atom stereocenters. The van der Waals surface area contributed by atoms with E-state index in [1.54, 1.807) is 6.08 Å². The maximum Gasteiger partial charge on any atom is 0.312 e. The van der Waals surface area contributed by atoms with Crippen LogP contribution in [0.5, 0.6) is 0 Å². The molecular weight excluding hydrogens is 400 g/mol. The molecule has 174 valence electrons. The summed E-state index contributed by atoms with van der Waals surface area (Å²) in [7, 11) is 1.50. The summed E-state index contributed by atoms with van der Waals surface area (Å²) in [6.07, 6.45) is 12.9. The lowest BCUT2D eigenvalue weighted by Crippen LogP contribution is -2.60. The van der Waals surface area contributed by atoms with Crippen LogP contribution in [0.25, 0.3) is 0 Å². The van der Waals surface area contributed by atoms with Crippen LogP contribution in [0.1, 0.15) is 79.1 Å². The van der Waals surface area contributed by atoms with Crippen molar-refractivity contribution in [1.29, 1.82) is 0 Å². The Hall–Kier alpha value is -1.71. The summed E-state index contributed by atoms with van der Waals surface area (Å²) in [4.78, 5) is 39.2. The van der Waals surface area contributed by atoms with Crippen molar-refractivity contribution in [1.82, 2.24) is 0 Å². The van der Waals surface area contributed by atoms with E-state index in [1.807, 2.05) is 6.08 Å². The highest BCUT2D eigenvalue weighted by atomic mass is 16.5. The Bertz CT molecular complexity index is 941. The molecule has 5 rings (SSSR count). The zero-order valence-corrected chi connectivity index (χ0v) is 20.3. The van der Waals surface area contributed by atoms with Gasteiger partial charge in [-0.3, -0.25) is 14.4 Å². The van der Waals surface area contributed by atoms with Crippen molar-refractivity contribution in [3.63, 3.8) is 0 Å². The van der Waals surface area contributed by atoms with Crippen molar-refractivity contribution < 1.29 is 19.1 Å². The number of allylic oxidation sites excluding steroid dienone is 4. The molecule has 0 aromatic rings. The topological polar surface area (TPSA) is 60.4 Å². The minimum absolute atomic E-state index is 0.0496. The van der Waals surface area contributed by atoms with E-state index < -0.39 is 5.41 Å². The molecule has 0 bridgehead atoms. The number of hydrogen-bond acceptors (Lipinski definition) is 4. The molecular formula is C28H38O4. The Morgan fingerprint density at radius 1 is 1.00 bits per heavy atom. The third kappa shape index (κ3) is 2.83. The van der Waals surface area contributed by atoms with Gasteiger partial charge in [-0.05, 0) is 85.7 Å². The monoisotopic (exact) mass is 438 g/mol. The second-order valence-corrected chi connectivity index (χ2v) is 12.7. The lowest BCUT2D eigenvalue weighted by atomic mass is 9.40. The van der Waals surface area contributed by atoms with Crippen LogP contribution in [-0.2, 0) is 19.1 Å².